The van der Waals surface area contributed by atoms with Crippen molar-refractivity contribution in [1.29, 1.82) is 0 Å². The van der Waals surface area contributed by atoms with E-state index in [1.165, 1.54) is 0 Å². The van der Waals surface area contributed by atoms with Crippen LogP contribution in [0.5, 0.6) is 0 Å². The molecule has 0 radical (unpaired) electrons. The van der Waals surface area contributed by atoms with E-state index < -0.39 is 5.60 Å². The lowest BCUT2D eigenvalue weighted by Crippen LogP contribution is -2.39. The van der Waals surface area contributed by atoms with Gasteiger partial charge in [-0.1, -0.05) is 24.0 Å². The van der Waals surface area contributed by atoms with Crippen molar-refractivity contribution in [2.75, 3.05) is 19.0 Å². The lowest BCUT2D eigenvalue weighted by Gasteiger charge is -2.33. The first kappa shape index (κ1) is 12.4. The van der Waals surface area contributed by atoms with E-state index in [1.807, 2.05) is 24.3 Å². The van der Waals surface area contributed by atoms with Crippen LogP contribution in [-0.4, -0.2) is 24.1 Å². The van der Waals surface area contributed by atoms with Gasteiger partial charge in [-0.2, -0.15) is 0 Å². The first-order valence-corrected chi connectivity index (χ1v) is 6.36. The Labute approximate surface area is 107 Å². The van der Waals surface area contributed by atoms with E-state index in [2.05, 4.69) is 17.2 Å². The summed E-state index contributed by atoms with van der Waals surface area (Å²) in [6.07, 6.45) is 1.53. The van der Waals surface area contributed by atoms with E-state index in [-0.39, 0.29) is 0 Å². The molecule has 1 fully saturated rings. The number of hydrogen-bond acceptors (Lipinski definition) is 2. The van der Waals surface area contributed by atoms with E-state index in [1.54, 1.807) is 0 Å². The van der Waals surface area contributed by atoms with Crippen LogP contribution in [0.3, 0.4) is 0 Å². The summed E-state index contributed by atoms with van der Waals surface area (Å²) in [6, 6.07) is 7.80. The highest BCUT2D eigenvalue weighted by atomic mass is 35.5. The van der Waals surface area contributed by atoms with Gasteiger partial charge < -0.3 is 10.4 Å². The topological polar surface area (TPSA) is 32.3 Å². The number of nitrogens with one attached hydrogen (secondary N) is 1. The van der Waals surface area contributed by atoms with Gasteiger partial charge in [0.1, 0.15) is 0 Å². The van der Waals surface area contributed by atoms with Crippen molar-refractivity contribution >= 4 is 11.6 Å². The summed E-state index contributed by atoms with van der Waals surface area (Å²) in [5.74, 6) is 6.12. The molecule has 1 aliphatic heterocycles. The fourth-order valence-corrected chi connectivity index (χ4v) is 2.20. The lowest BCUT2D eigenvalue weighted by atomic mass is 9.85. The summed E-state index contributed by atoms with van der Waals surface area (Å²) in [6.45, 7) is 1.73. The second kappa shape index (κ2) is 5.55. The number of rotatable bonds is 1. The summed E-state index contributed by atoms with van der Waals surface area (Å²) in [5, 5.41) is 13.8. The Hall–Kier alpha value is -1.01. The first-order valence-electron chi connectivity index (χ1n) is 5.83. The lowest BCUT2D eigenvalue weighted by molar-refractivity contribution is 0.00594. The summed E-state index contributed by atoms with van der Waals surface area (Å²) in [7, 11) is 0. The Morgan fingerprint density at radius 2 is 1.88 bits per heavy atom. The second-order valence-electron chi connectivity index (χ2n) is 4.29. The van der Waals surface area contributed by atoms with Crippen LogP contribution >= 0.6 is 11.6 Å². The number of piperidine rings is 1. The third kappa shape index (κ3) is 3.01. The van der Waals surface area contributed by atoms with Gasteiger partial charge in [0.15, 0.2) is 0 Å². The molecule has 1 aromatic carbocycles. The zero-order valence-electron chi connectivity index (χ0n) is 9.67. The van der Waals surface area contributed by atoms with Crippen molar-refractivity contribution in [2.24, 2.45) is 0 Å². The largest absolute Gasteiger partial charge is 0.385 e. The van der Waals surface area contributed by atoms with Crippen molar-refractivity contribution in [3.8, 4) is 11.8 Å². The van der Waals surface area contributed by atoms with Crippen molar-refractivity contribution in [3.05, 3.63) is 35.4 Å². The molecule has 0 bridgehead atoms. The van der Waals surface area contributed by atoms with Gasteiger partial charge in [0, 0.05) is 5.56 Å². The SMILES string of the molecule is OC1(c2ccc(C#CCCl)cc2)CCNCC1. The van der Waals surface area contributed by atoms with Gasteiger partial charge in [-0.15, -0.1) is 11.6 Å². The summed E-state index contributed by atoms with van der Waals surface area (Å²) in [5.41, 5.74) is 1.24. The fourth-order valence-electron chi connectivity index (χ4n) is 2.13. The highest BCUT2D eigenvalue weighted by Gasteiger charge is 2.30. The second-order valence-corrected chi connectivity index (χ2v) is 4.56. The van der Waals surface area contributed by atoms with Crippen LogP contribution in [0.1, 0.15) is 24.0 Å². The number of hydrogen-bond donors (Lipinski definition) is 2. The number of benzene rings is 1. The molecule has 0 amide bonds. The van der Waals surface area contributed by atoms with Gasteiger partial charge in [-0.25, -0.2) is 0 Å². The average molecular weight is 250 g/mol. The molecule has 17 heavy (non-hydrogen) atoms. The Morgan fingerprint density at radius 1 is 1.24 bits per heavy atom. The monoisotopic (exact) mass is 249 g/mol. The van der Waals surface area contributed by atoms with Crippen LogP contribution in [0.15, 0.2) is 24.3 Å². The van der Waals surface area contributed by atoms with Gasteiger partial charge in [0.05, 0.1) is 11.5 Å². The molecular formula is C14H16ClNO. The molecule has 1 saturated heterocycles. The fraction of sp³-hybridized carbons (Fsp3) is 0.429. The Bertz CT molecular complexity index is 424. The molecule has 0 saturated carbocycles. The van der Waals surface area contributed by atoms with Gasteiger partial charge in [-0.05, 0) is 43.6 Å². The van der Waals surface area contributed by atoms with Gasteiger partial charge in [0.2, 0.25) is 0 Å². The minimum Gasteiger partial charge on any atom is -0.385 e. The molecule has 2 N–H and O–H groups in total. The maximum atomic E-state index is 10.5. The molecule has 0 spiro atoms. The molecule has 0 aromatic heterocycles. The third-order valence-corrected chi connectivity index (χ3v) is 3.29. The Morgan fingerprint density at radius 3 is 2.47 bits per heavy atom. The van der Waals surface area contributed by atoms with Gasteiger partial charge in [0.25, 0.3) is 0 Å². The van der Waals surface area contributed by atoms with Crippen LogP contribution in [0.4, 0.5) is 0 Å². The predicted molar refractivity (Wildman–Crippen MR) is 70.0 cm³/mol. The molecule has 0 atom stereocenters. The normalized spacial score (nSPS) is 18.2. The molecule has 1 heterocycles. The molecule has 0 unspecified atom stereocenters. The highest BCUT2D eigenvalue weighted by molar-refractivity contribution is 6.19. The predicted octanol–water partition coefficient (Wildman–Crippen LogP) is 1.85. The summed E-state index contributed by atoms with van der Waals surface area (Å²) < 4.78 is 0. The number of alkyl halides is 1. The minimum atomic E-state index is -0.677. The summed E-state index contributed by atoms with van der Waals surface area (Å²) >= 11 is 5.51. The molecule has 1 aromatic rings. The van der Waals surface area contributed by atoms with E-state index in [0.717, 1.165) is 37.1 Å². The van der Waals surface area contributed by atoms with E-state index in [4.69, 9.17) is 11.6 Å². The Balaban J connectivity index is 2.16. The molecule has 1 aliphatic rings. The first-order chi connectivity index (χ1) is 8.24. The minimum absolute atomic E-state index is 0.345. The zero-order chi connectivity index (χ0) is 12.1. The van der Waals surface area contributed by atoms with Crippen molar-refractivity contribution in [2.45, 2.75) is 18.4 Å². The van der Waals surface area contributed by atoms with E-state index in [9.17, 15) is 5.11 Å². The molecule has 3 heteroatoms. The molecule has 2 nitrogen and oxygen atoms in total. The van der Waals surface area contributed by atoms with Gasteiger partial charge >= 0.3 is 0 Å². The standard InChI is InChI=1S/C14H16ClNO/c15-9-1-2-12-3-5-13(6-4-12)14(17)7-10-16-11-8-14/h3-6,16-17H,7-11H2. The smallest absolute Gasteiger partial charge is 0.0920 e. The Kier molecular flexibility index (Phi) is 4.06. The van der Waals surface area contributed by atoms with Crippen LogP contribution in [0, 0.1) is 11.8 Å². The van der Waals surface area contributed by atoms with Crippen molar-refractivity contribution in [3.63, 3.8) is 0 Å². The zero-order valence-corrected chi connectivity index (χ0v) is 10.4. The number of aliphatic hydroxyl groups is 1. The summed E-state index contributed by atoms with van der Waals surface area (Å²) in [4.78, 5) is 0. The van der Waals surface area contributed by atoms with Crippen LogP contribution < -0.4 is 5.32 Å². The van der Waals surface area contributed by atoms with Crippen LogP contribution in [0.25, 0.3) is 0 Å². The quantitative estimate of drug-likeness (QED) is 0.588. The molecule has 90 valence electrons. The van der Waals surface area contributed by atoms with Crippen molar-refractivity contribution < 1.29 is 5.11 Å². The highest BCUT2D eigenvalue weighted by Crippen LogP contribution is 2.30. The van der Waals surface area contributed by atoms with E-state index in [0.29, 0.717) is 5.88 Å². The maximum absolute atomic E-state index is 10.5. The molecule has 2 rings (SSSR count). The van der Waals surface area contributed by atoms with Crippen molar-refractivity contribution in [1.82, 2.24) is 5.32 Å². The third-order valence-electron chi connectivity index (χ3n) is 3.15. The molecule has 0 aliphatic carbocycles. The van der Waals surface area contributed by atoms with Gasteiger partial charge in [-0.3, -0.25) is 0 Å². The number of halogens is 1. The van der Waals surface area contributed by atoms with Crippen LogP contribution in [-0.2, 0) is 5.60 Å². The van der Waals surface area contributed by atoms with Crippen LogP contribution in [0.2, 0.25) is 0 Å². The molecular weight excluding hydrogens is 234 g/mol. The average Bonchev–Trinajstić information content (AvgIpc) is 2.38. The van der Waals surface area contributed by atoms with E-state index >= 15 is 0 Å². The maximum Gasteiger partial charge on any atom is 0.0920 e.